The summed E-state index contributed by atoms with van der Waals surface area (Å²) in [6.07, 6.45) is -1.98. The van der Waals surface area contributed by atoms with Gasteiger partial charge in [0.15, 0.2) is 0 Å². The Kier molecular flexibility index (Phi) is 3.19. The van der Waals surface area contributed by atoms with Crippen LogP contribution in [0.4, 0.5) is 5.69 Å². The maximum absolute atomic E-state index is 10.3. The Morgan fingerprint density at radius 1 is 1.40 bits per heavy atom. The molecule has 0 aliphatic heterocycles. The van der Waals surface area contributed by atoms with Crippen LogP contribution in [0.1, 0.15) is 0 Å². The first-order valence-corrected chi connectivity index (χ1v) is 3.82. The highest BCUT2D eigenvalue weighted by atomic mass is 16.6. The number of hydrogen-bond donors (Lipinski definition) is 2. The number of carbonyl (C=O) groups is 1. The van der Waals surface area contributed by atoms with Gasteiger partial charge in [-0.1, -0.05) is 0 Å². The molecule has 0 heterocycles. The summed E-state index contributed by atoms with van der Waals surface area (Å²) in [5.41, 5.74) is -0.146. The van der Waals surface area contributed by atoms with Gasteiger partial charge in [-0.2, -0.15) is 0 Å². The lowest BCUT2D eigenvalue weighted by Crippen LogP contribution is -2.25. The van der Waals surface area contributed by atoms with Crippen molar-refractivity contribution in [3.8, 4) is 5.75 Å². The van der Waals surface area contributed by atoms with Gasteiger partial charge in [-0.3, -0.25) is 10.1 Å². The standard InChI is InChI=1S/C8H7NO6/c10-7(11)8(12)15-6-3-1-5(2-4-6)9(13)14/h1-4,8,12H,(H,10,11). The van der Waals surface area contributed by atoms with Crippen LogP contribution in [0.3, 0.4) is 0 Å². The largest absolute Gasteiger partial charge is 0.477 e. The Labute approximate surface area is 83.7 Å². The molecule has 15 heavy (non-hydrogen) atoms. The van der Waals surface area contributed by atoms with Crippen LogP contribution in [-0.4, -0.2) is 27.4 Å². The van der Waals surface area contributed by atoms with Gasteiger partial charge in [0.05, 0.1) is 4.92 Å². The molecule has 1 unspecified atom stereocenters. The summed E-state index contributed by atoms with van der Waals surface area (Å²) in [5, 5.41) is 27.4. The lowest BCUT2D eigenvalue weighted by Gasteiger charge is -2.08. The number of hydrogen-bond acceptors (Lipinski definition) is 5. The average Bonchev–Trinajstić information content (AvgIpc) is 2.18. The van der Waals surface area contributed by atoms with E-state index in [1.165, 1.54) is 12.1 Å². The van der Waals surface area contributed by atoms with E-state index >= 15 is 0 Å². The van der Waals surface area contributed by atoms with Gasteiger partial charge >= 0.3 is 5.97 Å². The zero-order chi connectivity index (χ0) is 11.4. The molecule has 2 N–H and O–H groups in total. The van der Waals surface area contributed by atoms with Gasteiger partial charge in [0.25, 0.3) is 12.0 Å². The van der Waals surface area contributed by atoms with Crippen LogP contribution in [0.5, 0.6) is 5.75 Å². The second-order valence-corrected chi connectivity index (χ2v) is 2.56. The Morgan fingerprint density at radius 2 is 1.93 bits per heavy atom. The minimum atomic E-state index is -1.98. The minimum absolute atomic E-state index is 0.0375. The van der Waals surface area contributed by atoms with E-state index in [-0.39, 0.29) is 11.4 Å². The highest BCUT2D eigenvalue weighted by Crippen LogP contribution is 2.17. The predicted molar refractivity (Wildman–Crippen MR) is 47.4 cm³/mol. The molecule has 0 fully saturated rings. The normalized spacial score (nSPS) is 11.8. The first-order valence-electron chi connectivity index (χ1n) is 3.82. The molecule has 1 aromatic rings. The SMILES string of the molecule is O=C(O)C(O)Oc1ccc([N+](=O)[O-])cc1. The van der Waals surface area contributed by atoms with Crippen molar-refractivity contribution >= 4 is 11.7 Å². The van der Waals surface area contributed by atoms with Crippen molar-refractivity contribution in [2.24, 2.45) is 0 Å². The number of carboxylic acid groups (broad SMARTS) is 1. The van der Waals surface area contributed by atoms with Gasteiger partial charge < -0.3 is 14.9 Å². The predicted octanol–water partition coefficient (Wildman–Crippen LogP) is 0.377. The van der Waals surface area contributed by atoms with Gasteiger partial charge in [-0.15, -0.1) is 0 Å². The summed E-state index contributed by atoms with van der Waals surface area (Å²) in [6, 6.07) is 4.68. The molecule has 0 amide bonds. The van der Waals surface area contributed by atoms with E-state index in [0.29, 0.717) is 0 Å². The molecule has 0 aliphatic rings. The highest BCUT2D eigenvalue weighted by Gasteiger charge is 2.15. The number of aliphatic hydroxyl groups excluding tert-OH is 1. The first-order chi connectivity index (χ1) is 7.00. The maximum atomic E-state index is 10.3. The Balaban J connectivity index is 2.72. The van der Waals surface area contributed by atoms with Crippen LogP contribution in [-0.2, 0) is 4.79 Å². The summed E-state index contributed by atoms with van der Waals surface area (Å²) in [6.45, 7) is 0. The molecule has 0 aliphatic carbocycles. The van der Waals surface area contributed by atoms with Crippen molar-refractivity contribution in [3.05, 3.63) is 34.4 Å². The summed E-state index contributed by atoms with van der Waals surface area (Å²) in [4.78, 5) is 19.9. The summed E-state index contributed by atoms with van der Waals surface area (Å²) >= 11 is 0. The van der Waals surface area contributed by atoms with Crippen LogP contribution in [0.25, 0.3) is 0 Å². The zero-order valence-corrected chi connectivity index (χ0v) is 7.36. The van der Waals surface area contributed by atoms with Crippen LogP contribution < -0.4 is 4.74 Å². The summed E-state index contributed by atoms with van der Waals surface area (Å²) < 4.78 is 4.54. The monoisotopic (exact) mass is 213 g/mol. The van der Waals surface area contributed by atoms with Gasteiger partial charge in [0.1, 0.15) is 5.75 Å². The number of nitrogens with zero attached hydrogens (tertiary/aromatic N) is 1. The topological polar surface area (TPSA) is 110 Å². The fourth-order valence-electron chi connectivity index (χ4n) is 0.826. The van der Waals surface area contributed by atoms with E-state index in [4.69, 9.17) is 10.2 Å². The average molecular weight is 213 g/mol. The maximum Gasteiger partial charge on any atom is 0.373 e. The Hall–Kier alpha value is -2.15. The molecular weight excluding hydrogens is 206 g/mol. The fraction of sp³-hybridized carbons (Fsp3) is 0.125. The molecule has 0 radical (unpaired) electrons. The quantitative estimate of drug-likeness (QED) is 0.425. The van der Waals surface area contributed by atoms with Crippen LogP contribution in [0.15, 0.2) is 24.3 Å². The van der Waals surface area contributed by atoms with Crippen molar-refractivity contribution in [1.29, 1.82) is 0 Å². The number of ether oxygens (including phenoxy) is 1. The smallest absolute Gasteiger partial charge is 0.373 e. The summed E-state index contributed by atoms with van der Waals surface area (Å²) in [5.74, 6) is -1.50. The van der Waals surface area contributed by atoms with E-state index in [1.54, 1.807) is 0 Å². The molecule has 0 saturated heterocycles. The number of aliphatic hydroxyl groups is 1. The van der Waals surface area contributed by atoms with Crippen molar-refractivity contribution in [1.82, 2.24) is 0 Å². The third-order valence-electron chi connectivity index (χ3n) is 1.51. The Morgan fingerprint density at radius 3 is 2.33 bits per heavy atom. The third-order valence-corrected chi connectivity index (χ3v) is 1.51. The van der Waals surface area contributed by atoms with Gasteiger partial charge in [0, 0.05) is 12.1 Å². The summed E-state index contributed by atoms with van der Waals surface area (Å²) in [7, 11) is 0. The van der Waals surface area contributed by atoms with Gasteiger partial charge in [-0.25, -0.2) is 4.79 Å². The van der Waals surface area contributed by atoms with Crippen molar-refractivity contribution in [2.75, 3.05) is 0 Å². The van der Waals surface area contributed by atoms with E-state index in [0.717, 1.165) is 12.1 Å². The zero-order valence-electron chi connectivity index (χ0n) is 7.36. The fourth-order valence-corrected chi connectivity index (χ4v) is 0.826. The van der Waals surface area contributed by atoms with E-state index in [9.17, 15) is 14.9 Å². The van der Waals surface area contributed by atoms with Crippen molar-refractivity contribution < 1.29 is 24.7 Å². The molecule has 7 nitrogen and oxygen atoms in total. The molecule has 0 bridgehead atoms. The molecule has 7 heteroatoms. The van der Waals surface area contributed by atoms with Gasteiger partial charge in [0.2, 0.25) is 0 Å². The number of nitro groups is 1. The molecular formula is C8H7NO6. The molecule has 1 atom stereocenters. The number of nitro benzene ring substituents is 1. The van der Waals surface area contributed by atoms with E-state index in [2.05, 4.69) is 4.74 Å². The molecule has 1 aromatic carbocycles. The van der Waals surface area contributed by atoms with Crippen LogP contribution in [0.2, 0.25) is 0 Å². The minimum Gasteiger partial charge on any atom is -0.477 e. The highest BCUT2D eigenvalue weighted by molar-refractivity contribution is 5.70. The van der Waals surface area contributed by atoms with Crippen LogP contribution in [0, 0.1) is 10.1 Å². The molecule has 80 valence electrons. The lowest BCUT2D eigenvalue weighted by molar-refractivity contribution is -0.384. The second kappa shape index (κ2) is 4.38. The van der Waals surface area contributed by atoms with E-state index in [1.807, 2.05) is 0 Å². The van der Waals surface area contributed by atoms with Crippen LogP contribution >= 0.6 is 0 Å². The number of rotatable bonds is 4. The molecule has 1 rings (SSSR count). The van der Waals surface area contributed by atoms with E-state index < -0.39 is 17.2 Å². The second-order valence-electron chi connectivity index (χ2n) is 2.56. The Bertz CT molecular complexity index is 373. The third kappa shape index (κ3) is 2.92. The first kappa shape index (κ1) is 10.9. The lowest BCUT2D eigenvalue weighted by atomic mass is 10.3. The number of benzene rings is 1. The van der Waals surface area contributed by atoms with Crippen molar-refractivity contribution in [2.45, 2.75) is 6.29 Å². The van der Waals surface area contributed by atoms with Gasteiger partial charge in [-0.05, 0) is 12.1 Å². The molecule has 0 saturated carbocycles. The number of carboxylic acids is 1. The van der Waals surface area contributed by atoms with Crippen molar-refractivity contribution in [3.63, 3.8) is 0 Å². The number of non-ortho nitro benzene ring substituents is 1. The molecule has 0 aromatic heterocycles. The number of aliphatic carboxylic acids is 1. The molecule has 0 spiro atoms.